The van der Waals surface area contributed by atoms with Crippen LogP contribution in [0.4, 0.5) is 0 Å². The van der Waals surface area contributed by atoms with Crippen molar-refractivity contribution in [1.82, 2.24) is 5.09 Å². The molecule has 0 spiro atoms. The van der Waals surface area contributed by atoms with Crippen molar-refractivity contribution in [2.24, 2.45) is 0 Å². The second-order valence-electron chi connectivity index (χ2n) is 7.00. The van der Waals surface area contributed by atoms with Gasteiger partial charge in [-0.15, -0.1) is 0 Å². The molecule has 0 atom stereocenters. The van der Waals surface area contributed by atoms with Crippen molar-refractivity contribution in [3.05, 3.63) is 126 Å². The Morgan fingerprint density at radius 1 is 0.571 bits per heavy atom. The van der Waals surface area contributed by atoms with Crippen molar-refractivity contribution < 1.29 is 0 Å². The van der Waals surface area contributed by atoms with Gasteiger partial charge in [-0.3, -0.25) is 0 Å². The predicted molar refractivity (Wildman–Crippen MR) is 123 cm³/mol. The van der Waals surface area contributed by atoms with Gasteiger partial charge in [-0.2, -0.15) is 5.09 Å². The zero-order valence-electron chi connectivity index (χ0n) is 16.1. The second-order valence-corrected chi connectivity index (χ2v) is 10.2. The molecule has 0 saturated heterocycles. The third-order valence-corrected chi connectivity index (χ3v) is 8.88. The van der Waals surface area contributed by atoms with Gasteiger partial charge in [0.25, 0.3) is 0 Å². The highest BCUT2D eigenvalue weighted by atomic mass is 31.2. The van der Waals surface area contributed by atoms with Gasteiger partial charge in [0.2, 0.25) is 0 Å². The van der Waals surface area contributed by atoms with Crippen LogP contribution in [-0.4, -0.2) is 0 Å². The molecule has 0 fully saturated rings. The molecule has 0 aromatic heterocycles. The van der Waals surface area contributed by atoms with Gasteiger partial charge in [0.15, 0.2) is 7.41 Å². The summed E-state index contributed by atoms with van der Waals surface area (Å²) in [5.74, 6) is 0. The maximum atomic E-state index is 4.04. The highest BCUT2D eigenvalue weighted by molar-refractivity contribution is 7.94. The quantitative estimate of drug-likeness (QED) is 0.463. The fourth-order valence-corrected chi connectivity index (χ4v) is 7.43. The lowest BCUT2D eigenvalue weighted by atomic mass is 10.1. The van der Waals surface area contributed by atoms with Gasteiger partial charge in [0.05, 0.1) is 6.54 Å². The lowest BCUT2D eigenvalue weighted by molar-refractivity contribution is 0.958. The van der Waals surface area contributed by atoms with E-state index >= 15 is 0 Å². The Kier molecular flexibility index (Phi) is 5.67. The highest BCUT2D eigenvalue weighted by Gasteiger charge is 2.45. The van der Waals surface area contributed by atoms with Gasteiger partial charge in [-0.05, 0) is 48.9 Å². The molecule has 0 saturated carbocycles. The van der Waals surface area contributed by atoms with E-state index in [9.17, 15) is 0 Å². The molecule has 4 aromatic rings. The molecule has 1 nitrogen and oxygen atoms in total. The van der Waals surface area contributed by atoms with Crippen LogP contribution in [-0.2, 0) is 6.54 Å². The lowest BCUT2D eigenvalue weighted by Gasteiger charge is -2.28. The summed E-state index contributed by atoms with van der Waals surface area (Å²) in [5.41, 5.74) is 2.61. The molecule has 0 heterocycles. The summed E-state index contributed by atoms with van der Waals surface area (Å²) in [4.78, 5) is 0. The Morgan fingerprint density at radius 3 is 1.46 bits per heavy atom. The highest BCUT2D eigenvalue weighted by Crippen LogP contribution is 2.51. The van der Waals surface area contributed by atoms with Crippen LogP contribution in [0.15, 0.2) is 115 Å². The molecule has 2 heteroatoms. The average Bonchev–Trinajstić information content (AvgIpc) is 2.77. The standard InChI is InChI=1S/C26H25NP/c1-22-12-11-13-23(20-22)21-27-28(24-14-5-2-6-15-24,25-16-7-3-8-17-25)26-18-9-4-10-19-26/h2-20,27H,21H2,1H3/q+1. The van der Waals surface area contributed by atoms with Crippen molar-refractivity contribution in [2.75, 3.05) is 0 Å². The fraction of sp³-hybridized carbons (Fsp3) is 0.0769. The Hall–Kier alpha value is -2.73. The Labute approximate surface area is 168 Å². The summed E-state index contributed by atoms with van der Waals surface area (Å²) in [6, 6.07) is 41.5. The molecule has 0 radical (unpaired) electrons. The molecule has 4 aromatic carbocycles. The topological polar surface area (TPSA) is 12.0 Å². The minimum atomic E-state index is -1.98. The lowest BCUT2D eigenvalue weighted by Crippen LogP contribution is -2.40. The molecule has 28 heavy (non-hydrogen) atoms. The van der Waals surface area contributed by atoms with Gasteiger partial charge in [-0.1, -0.05) is 84.4 Å². The second kappa shape index (κ2) is 8.52. The van der Waals surface area contributed by atoms with Crippen molar-refractivity contribution in [3.63, 3.8) is 0 Å². The molecule has 0 unspecified atom stereocenters. The number of rotatable bonds is 6. The first-order valence-electron chi connectivity index (χ1n) is 9.65. The molecule has 0 bridgehead atoms. The zero-order valence-corrected chi connectivity index (χ0v) is 17.0. The van der Waals surface area contributed by atoms with Crippen LogP contribution in [0.5, 0.6) is 0 Å². The van der Waals surface area contributed by atoms with Crippen LogP contribution < -0.4 is 21.0 Å². The number of hydrogen-bond acceptors (Lipinski definition) is 1. The third-order valence-electron chi connectivity index (χ3n) is 5.03. The van der Waals surface area contributed by atoms with Crippen molar-refractivity contribution >= 4 is 23.3 Å². The molecule has 0 aliphatic carbocycles. The maximum Gasteiger partial charge on any atom is 0.178 e. The van der Waals surface area contributed by atoms with E-state index in [1.54, 1.807) is 0 Å². The van der Waals surface area contributed by atoms with E-state index < -0.39 is 7.41 Å². The zero-order chi connectivity index (χ0) is 19.2. The summed E-state index contributed by atoms with van der Waals surface area (Å²) >= 11 is 0. The molecule has 1 N–H and O–H groups in total. The Morgan fingerprint density at radius 2 is 1.04 bits per heavy atom. The average molecular weight is 382 g/mol. The first-order valence-corrected chi connectivity index (χ1v) is 11.4. The first kappa shape index (κ1) is 18.6. The largest absolute Gasteiger partial charge is 0.178 e. The van der Waals surface area contributed by atoms with Crippen LogP contribution in [0.25, 0.3) is 0 Å². The Balaban J connectivity index is 1.88. The van der Waals surface area contributed by atoms with Crippen LogP contribution >= 0.6 is 7.41 Å². The molecular formula is C26H25NP+. The summed E-state index contributed by atoms with van der Waals surface area (Å²) in [7, 11) is -1.98. The van der Waals surface area contributed by atoms with E-state index in [0.717, 1.165) is 6.54 Å². The molecular weight excluding hydrogens is 357 g/mol. The van der Waals surface area contributed by atoms with Gasteiger partial charge in [-0.25, -0.2) is 0 Å². The van der Waals surface area contributed by atoms with Crippen LogP contribution in [0.3, 0.4) is 0 Å². The molecule has 4 rings (SSSR count). The van der Waals surface area contributed by atoms with Gasteiger partial charge in [0.1, 0.15) is 15.9 Å². The minimum Gasteiger partial charge on any atom is -0.174 e. The number of aryl methyl sites for hydroxylation is 1. The van der Waals surface area contributed by atoms with Crippen molar-refractivity contribution in [3.8, 4) is 0 Å². The molecule has 0 aliphatic heterocycles. The summed E-state index contributed by atoms with van der Waals surface area (Å²) in [5, 5.41) is 8.08. The van der Waals surface area contributed by atoms with E-state index in [-0.39, 0.29) is 0 Å². The summed E-state index contributed by atoms with van der Waals surface area (Å²) < 4.78 is 0. The monoisotopic (exact) mass is 382 g/mol. The van der Waals surface area contributed by atoms with E-state index in [4.69, 9.17) is 0 Å². The van der Waals surface area contributed by atoms with Crippen molar-refractivity contribution in [1.29, 1.82) is 0 Å². The number of benzene rings is 4. The third kappa shape index (κ3) is 3.78. The Bertz CT molecular complexity index is 917. The maximum absolute atomic E-state index is 4.04. The molecule has 0 amide bonds. The smallest absolute Gasteiger partial charge is 0.174 e. The van der Waals surface area contributed by atoms with Crippen LogP contribution in [0.1, 0.15) is 11.1 Å². The van der Waals surface area contributed by atoms with Crippen LogP contribution in [0.2, 0.25) is 0 Å². The normalized spacial score (nSPS) is 11.3. The summed E-state index contributed by atoms with van der Waals surface area (Å²) in [6.07, 6.45) is 0. The van der Waals surface area contributed by atoms with Gasteiger partial charge in [0, 0.05) is 0 Å². The predicted octanol–water partition coefficient (Wildman–Crippen LogP) is 4.99. The molecule has 138 valence electrons. The van der Waals surface area contributed by atoms with Crippen molar-refractivity contribution in [2.45, 2.75) is 13.5 Å². The fourth-order valence-electron chi connectivity index (χ4n) is 3.71. The van der Waals surface area contributed by atoms with E-state index in [0.29, 0.717) is 0 Å². The van der Waals surface area contributed by atoms with Gasteiger partial charge >= 0.3 is 0 Å². The van der Waals surface area contributed by atoms with Gasteiger partial charge < -0.3 is 0 Å². The first-order chi connectivity index (χ1) is 13.8. The van der Waals surface area contributed by atoms with E-state index in [1.807, 2.05) is 0 Å². The van der Waals surface area contributed by atoms with E-state index in [2.05, 4.69) is 127 Å². The SMILES string of the molecule is Cc1cccc(CN[P+](c2ccccc2)(c2ccccc2)c2ccccc2)c1. The number of nitrogens with one attached hydrogen (secondary N) is 1. The van der Waals surface area contributed by atoms with Crippen LogP contribution in [0, 0.1) is 6.92 Å². The van der Waals surface area contributed by atoms with E-state index in [1.165, 1.54) is 27.0 Å². The minimum absolute atomic E-state index is 0.828. The summed E-state index contributed by atoms with van der Waals surface area (Å²) in [6.45, 7) is 2.98. The molecule has 0 aliphatic rings. The number of hydrogen-bond donors (Lipinski definition) is 1.